The van der Waals surface area contributed by atoms with Gasteiger partial charge in [-0.1, -0.05) is 34.6 Å². The Hall–Kier alpha value is -0.920. The quantitative estimate of drug-likeness (QED) is 0.764. The van der Waals surface area contributed by atoms with Gasteiger partial charge in [0.2, 0.25) is 10.0 Å². The first kappa shape index (κ1) is 18.1. The van der Waals surface area contributed by atoms with Crippen LogP contribution >= 0.6 is 0 Å². The van der Waals surface area contributed by atoms with Gasteiger partial charge >= 0.3 is 0 Å². The fourth-order valence-corrected chi connectivity index (χ4v) is 2.70. The van der Waals surface area contributed by atoms with Crippen molar-refractivity contribution in [2.45, 2.75) is 58.5 Å². The first-order valence-electron chi connectivity index (χ1n) is 7.36. The Kier molecular flexibility index (Phi) is 6.37. The molecule has 0 amide bonds. The van der Waals surface area contributed by atoms with E-state index in [4.69, 9.17) is 0 Å². The third-order valence-corrected chi connectivity index (χ3v) is 4.40. The van der Waals surface area contributed by atoms with Crippen molar-refractivity contribution < 1.29 is 8.42 Å². The van der Waals surface area contributed by atoms with Crippen LogP contribution in [0, 0.1) is 5.41 Å². The first-order valence-corrected chi connectivity index (χ1v) is 8.84. The fourth-order valence-electron chi connectivity index (χ4n) is 1.72. The van der Waals surface area contributed by atoms with Gasteiger partial charge < -0.3 is 5.32 Å². The molecule has 0 bridgehead atoms. The second kappa shape index (κ2) is 7.38. The molecule has 0 radical (unpaired) electrons. The predicted molar refractivity (Wildman–Crippen MR) is 84.6 cm³/mol. The summed E-state index contributed by atoms with van der Waals surface area (Å²) in [5.41, 5.74) is 0.106. The second-order valence-electron chi connectivity index (χ2n) is 6.76. The molecule has 0 atom stereocenters. The lowest BCUT2D eigenvalue weighted by molar-refractivity contribution is 0.378. The van der Waals surface area contributed by atoms with E-state index in [0.717, 1.165) is 13.0 Å². The third kappa shape index (κ3) is 7.06. The van der Waals surface area contributed by atoms with Gasteiger partial charge in [0.05, 0.1) is 12.7 Å². The normalized spacial score (nSPS) is 13.0. The molecule has 6 nitrogen and oxygen atoms in total. The summed E-state index contributed by atoms with van der Waals surface area (Å²) < 4.78 is 28.5. The van der Waals surface area contributed by atoms with Crippen LogP contribution in [0.3, 0.4) is 0 Å². The lowest BCUT2D eigenvalue weighted by Crippen LogP contribution is -2.27. The van der Waals surface area contributed by atoms with E-state index in [2.05, 4.69) is 49.8 Å². The van der Waals surface area contributed by atoms with Gasteiger partial charge in [-0.05, 0) is 11.8 Å². The van der Waals surface area contributed by atoms with Crippen molar-refractivity contribution in [1.82, 2.24) is 19.8 Å². The molecule has 21 heavy (non-hydrogen) atoms. The van der Waals surface area contributed by atoms with Crippen LogP contribution in [0.15, 0.2) is 17.3 Å². The summed E-state index contributed by atoms with van der Waals surface area (Å²) in [6.45, 7) is 12.2. The number of nitrogens with one attached hydrogen (secondary N) is 2. The van der Waals surface area contributed by atoms with E-state index >= 15 is 0 Å². The van der Waals surface area contributed by atoms with E-state index in [1.807, 2.05) is 0 Å². The Labute approximate surface area is 128 Å². The van der Waals surface area contributed by atoms with Gasteiger partial charge in [0, 0.05) is 25.3 Å². The summed E-state index contributed by atoms with van der Waals surface area (Å²) in [4.78, 5) is 0.223. The van der Waals surface area contributed by atoms with Crippen LogP contribution < -0.4 is 10.0 Å². The van der Waals surface area contributed by atoms with Crippen molar-refractivity contribution in [2.24, 2.45) is 5.41 Å². The van der Waals surface area contributed by atoms with Crippen LogP contribution in [-0.2, 0) is 16.6 Å². The molecule has 0 spiro atoms. The standard InChI is InChI=1S/C14H28N4O2S/c1-12(2)15-8-9-18-11-13(10-16-18)21(19,20)17-7-6-14(3,4)5/h10-12,15,17H,6-9H2,1-5H3. The minimum absolute atomic E-state index is 0.106. The van der Waals surface area contributed by atoms with E-state index in [1.54, 1.807) is 10.9 Å². The van der Waals surface area contributed by atoms with Gasteiger partial charge in [-0.25, -0.2) is 13.1 Å². The SMILES string of the molecule is CC(C)NCCn1cc(S(=O)(=O)NCCC(C)(C)C)cn1. The maximum absolute atomic E-state index is 12.1. The molecule has 0 aliphatic rings. The van der Waals surface area contributed by atoms with Crippen LogP contribution in [0.5, 0.6) is 0 Å². The zero-order chi connectivity index (χ0) is 16.1. The minimum atomic E-state index is -3.46. The molecule has 0 aromatic carbocycles. The molecule has 0 saturated carbocycles. The zero-order valence-corrected chi connectivity index (χ0v) is 14.5. The zero-order valence-electron chi connectivity index (χ0n) is 13.7. The second-order valence-corrected chi connectivity index (χ2v) is 8.52. The summed E-state index contributed by atoms with van der Waals surface area (Å²) in [5, 5.41) is 7.36. The Bertz CT molecular complexity index is 529. The third-order valence-electron chi connectivity index (χ3n) is 2.98. The van der Waals surface area contributed by atoms with Crippen molar-refractivity contribution in [1.29, 1.82) is 0 Å². The Morgan fingerprint density at radius 2 is 1.95 bits per heavy atom. The van der Waals surface area contributed by atoms with Gasteiger partial charge in [0.15, 0.2) is 0 Å². The summed E-state index contributed by atoms with van der Waals surface area (Å²) >= 11 is 0. The van der Waals surface area contributed by atoms with E-state index < -0.39 is 10.0 Å². The fraction of sp³-hybridized carbons (Fsp3) is 0.786. The van der Waals surface area contributed by atoms with Crippen LogP contribution in [-0.4, -0.2) is 37.3 Å². The van der Waals surface area contributed by atoms with E-state index in [-0.39, 0.29) is 10.3 Å². The highest BCUT2D eigenvalue weighted by molar-refractivity contribution is 7.89. The van der Waals surface area contributed by atoms with E-state index in [1.165, 1.54) is 6.20 Å². The topological polar surface area (TPSA) is 76.0 Å². The van der Waals surface area contributed by atoms with Gasteiger partial charge in [0.25, 0.3) is 0 Å². The van der Waals surface area contributed by atoms with Gasteiger partial charge in [-0.2, -0.15) is 5.10 Å². The number of hydrogen-bond donors (Lipinski definition) is 2. The van der Waals surface area contributed by atoms with Crippen molar-refractivity contribution in [3.8, 4) is 0 Å². The Balaban J connectivity index is 2.54. The molecule has 0 aliphatic heterocycles. The molecule has 1 aromatic heterocycles. The number of sulfonamides is 1. The number of rotatable bonds is 8. The average molecular weight is 316 g/mol. The predicted octanol–water partition coefficient (Wildman–Crippen LogP) is 1.60. The first-order chi connectivity index (χ1) is 9.60. The van der Waals surface area contributed by atoms with Crippen LogP contribution in [0.2, 0.25) is 0 Å². The largest absolute Gasteiger partial charge is 0.313 e. The van der Waals surface area contributed by atoms with Crippen molar-refractivity contribution >= 4 is 10.0 Å². The summed E-state index contributed by atoms with van der Waals surface area (Å²) in [6.07, 6.45) is 3.76. The van der Waals surface area contributed by atoms with Crippen molar-refractivity contribution in [2.75, 3.05) is 13.1 Å². The van der Waals surface area contributed by atoms with Gasteiger partial charge in [0.1, 0.15) is 4.90 Å². The number of aromatic nitrogens is 2. The number of nitrogens with zero attached hydrogens (tertiary/aromatic N) is 2. The molecule has 0 fully saturated rings. The monoisotopic (exact) mass is 316 g/mol. The smallest absolute Gasteiger partial charge is 0.243 e. The lowest BCUT2D eigenvalue weighted by Gasteiger charge is -2.17. The lowest BCUT2D eigenvalue weighted by atomic mass is 9.93. The average Bonchev–Trinajstić information content (AvgIpc) is 2.75. The van der Waals surface area contributed by atoms with Gasteiger partial charge in [-0.15, -0.1) is 0 Å². The summed E-state index contributed by atoms with van der Waals surface area (Å²) in [5.74, 6) is 0. The Morgan fingerprint density at radius 1 is 1.29 bits per heavy atom. The highest BCUT2D eigenvalue weighted by Crippen LogP contribution is 2.17. The molecule has 0 saturated heterocycles. The van der Waals surface area contributed by atoms with Gasteiger partial charge in [-0.3, -0.25) is 4.68 Å². The number of hydrogen-bond acceptors (Lipinski definition) is 4. The molecule has 1 rings (SSSR count). The summed E-state index contributed by atoms with van der Waals surface area (Å²) in [7, 11) is -3.46. The van der Waals surface area contributed by atoms with Crippen molar-refractivity contribution in [3.05, 3.63) is 12.4 Å². The molecule has 1 heterocycles. The van der Waals surface area contributed by atoms with E-state index in [0.29, 0.717) is 19.1 Å². The molecule has 1 aromatic rings. The minimum Gasteiger partial charge on any atom is -0.313 e. The maximum atomic E-state index is 12.1. The Morgan fingerprint density at radius 3 is 2.52 bits per heavy atom. The maximum Gasteiger partial charge on any atom is 0.243 e. The molecule has 0 aliphatic carbocycles. The summed E-state index contributed by atoms with van der Waals surface area (Å²) in [6, 6.07) is 0.405. The molecular formula is C14H28N4O2S. The molecule has 0 unspecified atom stereocenters. The molecule has 122 valence electrons. The molecule has 7 heteroatoms. The van der Waals surface area contributed by atoms with Crippen LogP contribution in [0.25, 0.3) is 0 Å². The van der Waals surface area contributed by atoms with Crippen LogP contribution in [0.1, 0.15) is 41.0 Å². The molecule has 2 N–H and O–H groups in total. The highest BCUT2D eigenvalue weighted by Gasteiger charge is 2.18. The molecular weight excluding hydrogens is 288 g/mol. The van der Waals surface area contributed by atoms with Crippen LogP contribution in [0.4, 0.5) is 0 Å². The van der Waals surface area contributed by atoms with Crippen molar-refractivity contribution in [3.63, 3.8) is 0 Å². The van der Waals surface area contributed by atoms with E-state index in [9.17, 15) is 8.42 Å². The highest BCUT2D eigenvalue weighted by atomic mass is 32.2.